The van der Waals surface area contributed by atoms with Crippen LogP contribution in [0.5, 0.6) is 0 Å². The van der Waals surface area contributed by atoms with Gasteiger partial charge in [-0.05, 0) is 136 Å². The number of benzene rings is 3. The fourth-order valence-electron chi connectivity index (χ4n) is 8.42. The fraction of sp³-hybridized carbons (Fsp3) is 0.436. The van der Waals surface area contributed by atoms with Gasteiger partial charge in [0.15, 0.2) is 0 Å². The van der Waals surface area contributed by atoms with Crippen molar-refractivity contribution in [2.45, 2.75) is 95.2 Å². The lowest BCUT2D eigenvalue weighted by molar-refractivity contribution is -0.0918. The molecule has 0 N–H and O–H groups in total. The normalized spacial score (nSPS) is 19.2. The Hall–Kier alpha value is -1.76. The highest BCUT2D eigenvalue weighted by molar-refractivity contribution is 9.10. The topological polar surface area (TPSA) is 12.5 Å². The van der Waals surface area contributed by atoms with Crippen LogP contribution in [-0.4, -0.2) is 35.7 Å². The third kappa shape index (κ3) is 5.01. The average molecular weight is 734 g/mol. The molecule has 2 heterocycles. The molecule has 0 radical (unpaired) electrons. The number of ether oxygens (including phenoxy) is 1. The Kier molecular flexibility index (Phi) is 8.06. The number of thiophene rings is 1. The highest BCUT2D eigenvalue weighted by atomic mass is 79.9. The largest absolute Gasteiger partial charge is 0.378 e. The van der Waals surface area contributed by atoms with Crippen LogP contribution in [-0.2, 0) is 16.6 Å². The number of halogens is 2. The SMILES string of the molecule is CN1C(C)(C)CC(OCCCCCCc2cc3c(s2)C2(c4cc(Br)ccc4-c4ccc(Br)cc42)c2ccccc2-3)CC1(C)C. The summed E-state index contributed by atoms with van der Waals surface area (Å²) in [4.78, 5) is 5.53. The lowest BCUT2D eigenvalue weighted by Gasteiger charge is -2.53. The smallest absolute Gasteiger partial charge is 0.0819 e. The van der Waals surface area contributed by atoms with E-state index in [1.54, 1.807) is 0 Å². The predicted molar refractivity (Wildman–Crippen MR) is 193 cm³/mol. The summed E-state index contributed by atoms with van der Waals surface area (Å²) in [6.07, 6.45) is 8.61. The van der Waals surface area contributed by atoms with E-state index in [-0.39, 0.29) is 16.5 Å². The minimum Gasteiger partial charge on any atom is -0.378 e. The molecule has 0 bridgehead atoms. The van der Waals surface area contributed by atoms with E-state index in [9.17, 15) is 0 Å². The van der Waals surface area contributed by atoms with Crippen molar-refractivity contribution in [1.82, 2.24) is 4.90 Å². The van der Waals surface area contributed by atoms with Crippen molar-refractivity contribution in [3.63, 3.8) is 0 Å². The first-order chi connectivity index (χ1) is 21.0. The molecule has 0 amide bonds. The van der Waals surface area contributed by atoms with Crippen molar-refractivity contribution >= 4 is 43.2 Å². The molecule has 1 fully saturated rings. The molecular weight excluding hydrogens is 690 g/mol. The van der Waals surface area contributed by atoms with E-state index in [1.807, 2.05) is 11.3 Å². The maximum Gasteiger partial charge on any atom is 0.0819 e. The molecule has 1 saturated heterocycles. The molecule has 1 spiro atoms. The monoisotopic (exact) mass is 731 g/mol. The van der Waals surface area contributed by atoms with Gasteiger partial charge >= 0.3 is 0 Å². The van der Waals surface area contributed by atoms with E-state index in [0.29, 0.717) is 6.10 Å². The maximum absolute atomic E-state index is 6.44. The summed E-state index contributed by atoms with van der Waals surface area (Å²) in [5.74, 6) is 0. The molecular formula is C39H43Br2NOS. The molecule has 230 valence electrons. The highest BCUT2D eigenvalue weighted by Crippen LogP contribution is 2.65. The molecule has 0 unspecified atom stereocenters. The first kappa shape index (κ1) is 30.9. The van der Waals surface area contributed by atoms with Gasteiger partial charge in [0.05, 0.1) is 11.5 Å². The van der Waals surface area contributed by atoms with Gasteiger partial charge < -0.3 is 4.74 Å². The van der Waals surface area contributed by atoms with Crippen molar-refractivity contribution < 1.29 is 4.74 Å². The minimum absolute atomic E-state index is 0.183. The quantitative estimate of drug-likeness (QED) is 0.144. The van der Waals surface area contributed by atoms with E-state index < -0.39 is 0 Å². The fourth-order valence-corrected chi connectivity index (χ4v) is 10.6. The minimum atomic E-state index is -0.262. The van der Waals surface area contributed by atoms with E-state index >= 15 is 0 Å². The Morgan fingerprint density at radius 1 is 0.727 bits per heavy atom. The van der Waals surface area contributed by atoms with Crippen molar-refractivity contribution in [3.8, 4) is 22.3 Å². The van der Waals surface area contributed by atoms with Crippen molar-refractivity contribution in [2.24, 2.45) is 0 Å². The zero-order valence-electron chi connectivity index (χ0n) is 26.6. The van der Waals surface area contributed by atoms with E-state index in [4.69, 9.17) is 4.74 Å². The zero-order valence-corrected chi connectivity index (χ0v) is 30.6. The first-order valence-electron chi connectivity index (χ1n) is 16.2. The van der Waals surface area contributed by atoms with Gasteiger partial charge in [0, 0.05) is 36.4 Å². The molecule has 3 aliphatic rings. The highest BCUT2D eigenvalue weighted by Gasteiger charge is 2.53. The van der Waals surface area contributed by atoms with Crippen LogP contribution in [0.15, 0.2) is 75.7 Å². The second-order valence-electron chi connectivity index (χ2n) is 14.4. The number of hydrogen-bond acceptors (Lipinski definition) is 3. The molecule has 3 aromatic carbocycles. The van der Waals surface area contributed by atoms with E-state index in [2.05, 4.69) is 138 Å². The van der Waals surface area contributed by atoms with Crippen molar-refractivity contribution in [2.75, 3.05) is 13.7 Å². The van der Waals surface area contributed by atoms with Crippen LogP contribution in [0.2, 0.25) is 0 Å². The standard InChI is InChI=1S/C39H43Br2NOS/c1-37(2)23-27(24-38(3,4)42(37)5)43-19-11-7-6-8-12-28-22-32-29-13-9-10-14-33(29)39(36(32)44-28)34-20-25(40)15-17-30(34)31-18-16-26(41)21-35(31)39/h9-10,13-18,20-22,27H,6-8,11-12,19,23-24H2,1-5H3. The van der Waals surface area contributed by atoms with Gasteiger partial charge in [-0.25, -0.2) is 0 Å². The van der Waals surface area contributed by atoms with Crippen LogP contribution >= 0.6 is 43.2 Å². The molecule has 44 heavy (non-hydrogen) atoms. The van der Waals surface area contributed by atoms with E-state index in [0.717, 1.165) is 41.2 Å². The second-order valence-corrected chi connectivity index (χ2v) is 17.3. The molecule has 2 nitrogen and oxygen atoms in total. The van der Waals surface area contributed by atoms with Crippen molar-refractivity contribution in [1.29, 1.82) is 0 Å². The first-order valence-corrected chi connectivity index (χ1v) is 18.6. The summed E-state index contributed by atoms with van der Waals surface area (Å²) in [5, 5.41) is 0. The number of rotatable bonds is 8. The van der Waals surface area contributed by atoms with Gasteiger partial charge in [-0.15, -0.1) is 11.3 Å². The lowest BCUT2D eigenvalue weighted by Crippen LogP contribution is -2.60. The molecule has 4 aromatic rings. The van der Waals surface area contributed by atoms with Crippen molar-refractivity contribution in [3.05, 3.63) is 102 Å². The summed E-state index contributed by atoms with van der Waals surface area (Å²) in [5.41, 5.74) is 9.84. The van der Waals surface area contributed by atoms with Gasteiger partial charge in [0.1, 0.15) is 0 Å². The Labute approximate surface area is 284 Å². The summed E-state index contributed by atoms with van der Waals surface area (Å²) in [6.45, 7) is 10.3. The number of piperidine rings is 1. The number of hydrogen-bond donors (Lipinski definition) is 0. The van der Waals surface area contributed by atoms with Gasteiger partial charge in [-0.1, -0.05) is 81.1 Å². The molecule has 7 rings (SSSR count). The van der Waals surface area contributed by atoms with Crippen LogP contribution in [0.25, 0.3) is 22.3 Å². The van der Waals surface area contributed by atoms with Crippen LogP contribution in [0.3, 0.4) is 0 Å². The Bertz CT molecular complexity index is 1650. The molecule has 1 aliphatic heterocycles. The summed E-state index contributed by atoms with van der Waals surface area (Å²) in [7, 11) is 2.26. The average Bonchev–Trinajstić information content (AvgIpc) is 3.60. The van der Waals surface area contributed by atoms with Gasteiger partial charge in [-0.2, -0.15) is 0 Å². The molecule has 0 saturated carbocycles. The summed E-state index contributed by atoms with van der Waals surface area (Å²) in [6, 6.07) is 25.3. The Balaban J connectivity index is 1.06. The number of aryl methyl sites for hydroxylation is 1. The third-order valence-electron chi connectivity index (χ3n) is 10.7. The molecule has 5 heteroatoms. The van der Waals surface area contributed by atoms with Gasteiger partial charge in [0.2, 0.25) is 0 Å². The maximum atomic E-state index is 6.44. The van der Waals surface area contributed by atoms with Crippen LogP contribution in [0, 0.1) is 0 Å². The lowest BCUT2D eigenvalue weighted by atomic mass is 9.74. The van der Waals surface area contributed by atoms with E-state index in [1.165, 1.54) is 68.0 Å². The van der Waals surface area contributed by atoms with Crippen LogP contribution in [0.1, 0.15) is 92.7 Å². The number of nitrogens with zero attached hydrogens (tertiary/aromatic N) is 1. The second kappa shape index (κ2) is 11.5. The summed E-state index contributed by atoms with van der Waals surface area (Å²) < 4.78 is 8.71. The molecule has 0 atom stereocenters. The molecule has 1 aromatic heterocycles. The van der Waals surface area contributed by atoms with Crippen LogP contribution in [0.4, 0.5) is 0 Å². The predicted octanol–water partition coefficient (Wildman–Crippen LogP) is 11.4. The van der Waals surface area contributed by atoms with Crippen LogP contribution < -0.4 is 0 Å². The number of fused-ring (bicyclic) bond motifs is 10. The molecule has 2 aliphatic carbocycles. The Morgan fingerprint density at radius 3 is 1.98 bits per heavy atom. The number of unbranched alkanes of at least 4 members (excludes halogenated alkanes) is 3. The summed E-state index contributed by atoms with van der Waals surface area (Å²) >= 11 is 9.68. The van der Waals surface area contributed by atoms with Gasteiger partial charge in [0.25, 0.3) is 0 Å². The zero-order chi connectivity index (χ0) is 30.9. The number of likely N-dealkylation sites (tertiary alicyclic amines) is 1. The van der Waals surface area contributed by atoms with Gasteiger partial charge in [-0.3, -0.25) is 4.90 Å². The third-order valence-corrected chi connectivity index (χ3v) is 13.0. The Morgan fingerprint density at radius 2 is 1.32 bits per heavy atom.